The fourth-order valence-corrected chi connectivity index (χ4v) is 1.34. The molecule has 0 aliphatic rings. The zero-order valence-electron chi connectivity index (χ0n) is 7.03. The van der Waals surface area contributed by atoms with E-state index in [1.54, 1.807) is 0 Å². The molecule has 0 aliphatic heterocycles. The highest BCUT2D eigenvalue weighted by atomic mass is 79.9. The third-order valence-corrected chi connectivity index (χ3v) is 2.18. The fraction of sp³-hybridized carbons (Fsp3) is 0.100. The molecule has 0 radical (unpaired) electrons. The topological polar surface area (TPSA) is 43.1 Å². The first-order valence-corrected chi connectivity index (χ1v) is 4.98. The maximum absolute atomic E-state index is 11.3. The predicted octanol–water partition coefficient (Wildman–Crippen LogP) is 1.95. The molecule has 13 heavy (non-hydrogen) atoms. The van der Waals surface area contributed by atoms with Gasteiger partial charge in [-0.2, -0.15) is 0 Å². The van der Waals surface area contributed by atoms with Crippen molar-refractivity contribution < 1.29 is 4.79 Å². The first-order valence-electron chi connectivity index (χ1n) is 3.86. The van der Waals surface area contributed by atoms with Crippen LogP contribution in [0.5, 0.6) is 0 Å². The number of carbonyl (C=O) groups excluding carboxylic acids is 1. The van der Waals surface area contributed by atoms with Crippen LogP contribution in [0.1, 0.15) is 5.56 Å². The molecule has 0 saturated carbocycles. The minimum atomic E-state index is -0.00583. The first-order chi connectivity index (χ1) is 6.29. The van der Waals surface area contributed by atoms with Gasteiger partial charge in [-0.1, -0.05) is 46.3 Å². The molecule has 0 aromatic heterocycles. The lowest BCUT2D eigenvalue weighted by Crippen LogP contribution is -2.04. The minimum absolute atomic E-state index is 0.00583. The van der Waals surface area contributed by atoms with Gasteiger partial charge in [0, 0.05) is 11.8 Å². The molecule has 2 N–H and O–H groups in total. The highest BCUT2D eigenvalue weighted by molar-refractivity contribution is 9.09. The molecular weight excluding hydrogens is 230 g/mol. The summed E-state index contributed by atoms with van der Waals surface area (Å²) in [5.41, 5.74) is 6.79. The van der Waals surface area contributed by atoms with E-state index in [1.165, 1.54) is 6.20 Å². The van der Waals surface area contributed by atoms with E-state index >= 15 is 0 Å². The van der Waals surface area contributed by atoms with E-state index in [0.717, 1.165) is 5.56 Å². The van der Waals surface area contributed by atoms with Gasteiger partial charge in [0.15, 0.2) is 5.78 Å². The van der Waals surface area contributed by atoms with Crippen molar-refractivity contribution >= 4 is 27.3 Å². The molecule has 0 heterocycles. The van der Waals surface area contributed by atoms with E-state index < -0.39 is 0 Å². The molecule has 68 valence electrons. The molecule has 0 spiro atoms. The van der Waals surface area contributed by atoms with Gasteiger partial charge in [-0.3, -0.25) is 4.79 Å². The fourth-order valence-electron chi connectivity index (χ4n) is 1.04. The van der Waals surface area contributed by atoms with Gasteiger partial charge in [0.1, 0.15) is 0 Å². The van der Waals surface area contributed by atoms with E-state index in [2.05, 4.69) is 15.9 Å². The lowest BCUT2D eigenvalue weighted by atomic mass is 10.0. The van der Waals surface area contributed by atoms with Crippen molar-refractivity contribution in [3.05, 3.63) is 42.1 Å². The van der Waals surface area contributed by atoms with Crippen molar-refractivity contribution in [2.24, 2.45) is 5.73 Å². The summed E-state index contributed by atoms with van der Waals surface area (Å²) < 4.78 is 0. The Bertz CT molecular complexity index is 319. The predicted molar refractivity (Wildman–Crippen MR) is 57.4 cm³/mol. The lowest BCUT2D eigenvalue weighted by Gasteiger charge is -2.02. The molecule has 0 fully saturated rings. The smallest absolute Gasteiger partial charge is 0.175 e. The monoisotopic (exact) mass is 239 g/mol. The number of benzene rings is 1. The number of hydrogen-bond acceptors (Lipinski definition) is 2. The summed E-state index contributed by atoms with van der Waals surface area (Å²) in [5.74, 6) is -0.00583. The molecule has 1 rings (SSSR count). The summed E-state index contributed by atoms with van der Waals surface area (Å²) in [6, 6.07) is 9.37. The number of halogens is 1. The van der Waals surface area contributed by atoms with Crippen molar-refractivity contribution in [1.29, 1.82) is 0 Å². The molecule has 0 aliphatic carbocycles. The second-order valence-corrected chi connectivity index (χ2v) is 3.06. The van der Waals surface area contributed by atoms with Crippen LogP contribution in [-0.2, 0) is 4.79 Å². The summed E-state index contributed by atoms with van der Waals surface area (Å²) in [6.45, 7) is 0. The molecule has 0 unspecified atom stereocenters. The Balaban J connectivity index is 3.00. The van der Waals surface area contributed by atoms with Gasteiger partial charge in [-0.25, -0.2) is 0 Å². The Morgan fingerprint density at radius 3 is 2.46 bits per heavy atom. The highest BCUT2D eigenvalue weighted by Crippen LogP contribution is 2.14. The van der Waals surface area contributed by atoms with Crippen molar-refractivity contribution in [1.82, 2.24) is 0 Å². The summed E-state index contributed by atoms with van der Waals surface area (Å²) >= 11 is 3.11. The van der Waals surface area contributed by atoms with Crippen LogP contribution in [0.2, 0.25) is 0 Å². The van der Waals surface area contributed by atoms with E-state index in [0.29, 0.717) is 10.9 Å². The molecule has 0 bridgehead atoms. The third kappa shape index (κ3) is 2.42. The first kappa shape index (κ1) is 9.99. The molecule has 1 aromatic carbocycles. The van der Waals surface area contributed by atoms with Crippen molar-refractivity contribution in [2.75, 3.05) is 5.33 Å². The minimum Gasteiger partial charge on any atom is -0.404 e. The van der Waals surface area contributed by atoms with Crippen LogP contribution in [0, 0.1) is 0 Å². The second-order valence-electron chi connectivity index (χ2n) is 2.50. The maximum atomic E-state index is 11.3. The lowest BCUT2D eigenvalue weighted by molar-refractivity contribution is -0.111. The Kier molecular flexibility index (Phi) is 3.71. The van der Waals surface area contributed by atoms with Crippen molar-refractivity contribution in [3.63, 3.8) is 0 Å². The van der Waals surface area contributed by atoms with Gasteiger partial charge < -0.3 is 5.73 Å². The van der Waals surface area contributed by atoms with Crippen LogP contribution in [0.25, 0.3) is 5.57 Å². The second kappa shape index (κ2) is 4.82. The number of ketones is 1. The maximum Gasteiger partial charge on any atom is 0.175 e. The number of alkyl halides is 1. The van der Waals surface area contributed by atoms with Gasteiger partial charge in [-0.05, 0) is 5.56 Å². The number of hydrogen-bond donors (Lipinski definition) is 1. The van der Waals surface area contributed by atoms with Crippen LogP contribution in [0.4, 0.5) is 0 Å². The Morgan fingerprint density at radius 1 is 1.38 bits per heavy atom. The molecule has 2 nitrogen and oxygen atoms in total. The number of nitrogens with two attached hydrogens (primary N) is 1. The summed E-state index contributed by atoms with van der Waals surface area (Å²) in [6.07, 6.45) is 1.35. The number of Topliss-reactive ketones (excluding diaryl/α,β-unsaturated/α-hetero) is 1. The van der Waals surface area contributed by atoms with Gasteiger partial charge in [0.2, 0.25) is 0 Å². The molecule has 0 saturated heterocycles. The van der Waals surface area contributed by atoms with Gasteiger partial charge in [0.25, 0.3) is 0 Å². The average molecular weight is 240 g/mol. The van der Waals surface area contributed by atoms with Crippen LogP contribution in [0.15, 0.2) is 36.5 Å². The van der Waals surface area contributed by atoms with Crippen LogP contribution in [-0.4, -0.2) is 11.1 Å². The number of rotatable bonds is 3. The standard InChI is InChI=1S/C10H10BrNO/c11-6-10(13)9(7-12)8-4-2-1-3-5-8/h1-5,7H,6,12H2/b9-7-. The largest absolute Gasteiger partial charge is 0.404 e. The quantitative estimate of drug-likeness (QED) is 0.648. The summed E-state index contributed by atoms with van der Waals surface area (Å²) in [5, 5.41) is 0.297. The van der Waals surface area contributed by atoms with Gasteiger partial charge in [0.05, 0.1) is 5.33 Å². The Labute approximate surface area is 85.6 Å². The SMILES string of the molecule is N/C=C(\C(=O)CBr)c1ccccc1. The summed E-state index contributed by atoms with van der Waals surface area (Å²) in [4.78, 5) is 11.3. The summed E-state index contributed by atoms with van der Waals surface area (Å²) in [7, 11) is 0. The van der Waals surface area contributed by atoms with Gasteiger partial charge in [-0.15, -0.1) is 0 Å². The molecular formula is C10H10BrNO. The third-order valence-electron chi connectivity index (χ3n) is 1.67. The normalized spacial score (nSPS) is 11.3. The van der Waals surface area contributed by atoms with E-state index in [1.807, 2.05) is 30.3 Å². The average Bonchev–Trinajstić information content (AvgIpc) is 2.20. The molecule has 1 aromatic rings. The highest BCUT2D eigenvalue weighted by Gasteiger charge is 2.08. The zero-order chi connectivity index (χ0) is 9.68. The Hall–Kier alpha value is -1.09. The van der Waals surface area contributed by atoms with Crippen LogP contribution in [0.3, 0.4) is 0 Å². The number of carbonyl (C=O) groups is 1. The van der Waals surface area contributed by atoms with E-state index in [9.17, 15) is 4.79 Å². The van der Waals surface area contributed by atoms with Crippen molar-refractivity contribution in [2.45, 2.75) is 0 Å². The van der Waals surface area contributed by atoms with Gasteiger partial charge >= 0.3 is 0 Å². The van der Waals surface area contributed by atoms with Crippen molar-refractivity contribution in [3.8, 4) is 0 Å². The molecule has 3 heteroatoms. The van der Waals surface area contributed by atoms with Crippen LogP contribution < -0.4 is 5.73 Å². The van der Waals surface area contributed by atoms with Crippen LogP contribution >= 0.6 is 15.9 Å². The van der Waals surface area contributed by atoms with E-state index in [-0.39, 0.29) is 5.78 Å². The molecule has 0 amide bonds. The zero-order valence-corrected chi connectivity index (χ0v) is 8.62. The molecule has 0 atom stereocenters. The van der Waals surface area contributed by atoms with E-state index in [4.69, 9.17) is 5.73 Å². The Morgan fingerprint density at radius 2 is 2.00 bits per heavy atom. The number of allylic oxidation sites excluding steroid dienone is 1.